The predicted molar refractivity (Wildman–Crippen MR) is 70.4 cm³/mol. The SMILES string of the molecule is CN(C)C1=S=Nn2c1nc1c(Br)cccc12. The first-order chi connectivity index (χ1) is 7.68. The van der Waals surface area contributed by atoms with Crippen LogP contribution in [0.1, 0.15) is 5.82 Å². The molecule has 4 nitrogen and oxygen atoms in total. The van der Waals surface area contributed by atoms with E-state index in [1.165, 1.54) is 11.1 Å². The maximum absolute atomic E-state index is 4.62. The predicted octanol–water partition coefficient (Wildman–Crippen LogP) is 1.88. The van der Waals surface area contributed by atoms with Gasteiger partial charge in [-0.2, -0.15) is 4.68 Å². The molecule has 82 valence electrons. The lowest BCUT2D eigenvalue weighted by Gasteiger charge is -2.06. The van der Waals surface area contributed by atoms with Crippen LogP contribution in [0.5, 0.6) is 0 Å². The van der Waals surface area contributed by atoms with Crippen molar-refractivity contribution in [3.63, 3.8) is 0 Å². The molecule has 16 heavy (non-hydrogen) atoms. The minimum Gasteiger partial charge on any atom is -0.268 e. The summed E-state index contributed by atoms with van der Waals surface area (Å²) in [6.07, 6.45) is 0. The Balaban J connectivity index is 2.32. The summed E-state index contributed by atoms with van der Waals surface area (Å²) >= 11 is 4.97. The highest BCUT2D eigenvalue weighted by molar-refractivity contribution is 9.10. The molecule has 0 unspecified atom stereocenters. The van der Waals surface area contributed by atoms with E-state index in [2.05, 4.69) is 25.4 Å². The smallest absolute Gasteiger partial charge is 0.186 e. The number of hydrogen-bond donors (Lipinski definition) is 0. The van der Waals surface area contributed by atoms with Crippen molar-refractivity contribution in [2.75, 3.05) is 14.1 Å². The van der Waals surface area contributed by atoms with Crippen molar-refractivity contribution in [3.8, 4) is 0 Å². The first kappa shape index (κ1) is 10.2. The van der Waals surface area contributed by atoms with E-state index in [9.17, 15) is 0 Å². The Morgan fingerprint density at radius 2 is 2.19 bits per heavy atom. The summed E-state index contributed by atoms with van der Waals surface area (Å²) in [4.78, 5) is 7.73. The van der Waals surface area contributed by atoms with Gasteiger partial charge in [0.25, 0.3) is 0 Å². The first-order valence-corrected chi connectivity index (χ1v) is 6.35. The van der Waals surface area contributed by atoms with Crippen LogP contribution in [0, 0.1) is 0 Å². The molecule has 0 saturated heterocycles. The number of nitrogens with zero attached hydrogens (tertiary/aromatic N) is 4. The van der Waals surface area contributed by atoms with E-state index in [1.54, 1.807) is 0 Å². The van der Waals surface area contributed by atoms with Crippen molar-refractivity contribution < 1.29 is 0 Å². The molecule has 0 radical (unpaired) electrons. The molecule has 0 spiro atoms. The van der Waals surface area contributed by atoms with Gasteiger partial charge in [0.1, 0.15) is 10.5 Å². The third-order valence-corrected chi connectivity index (χ3v) is 4.02. The lowest BCUT2D eigenvalue weighted by atomic mass is 10.3. The summed E-state index contributed by atoms with van der Waals surface area (Å²) in [5.74, 6) is 0.914. The fraction of sp³-hybridized carbons (Fsp3) is 0.200. The molecule has 0 bridgehead atoms. The summed E-state index contributed by atoms with van der Waals surface area (Å²) in [7, 11) is 4.00. The van der Waals surface area contributed by atoms with Crippen molar-refractivity contribution in [1.29, 1.82) is 0 Å². The number of rotatable bonds is 0. The number of para-hydroxylation sites is 1. The molecule has 0 aliphatic carbocycles. The summed E-state index contributed by atoms with van der Waals surface area (Å²) in [5, 5.41) is 0. The molecule has 0 fully saturated rings. The second-order valence-corrected chi connectivity index (χ2v) is 5.31. The van der Waals surface area contributed by atoms with Crippen molar-refractivity contribution in [1.82, 2.24) is 14.6 Å². The summed E-state index contributed by atoms with van der Waals surface area (Å²) in [6, 6.07) is 6.02. The van der Waals surface area contributed by atoms with Crippen molar-refractivity contribution >= 4 is 43.1 Å². The molecular weight excluding hydrogens is 288 g/mol. The van der Waals surface area contributed by atoms with Crippen LogP contribution in [-0.2, 0) is 11.1 Å². The topological polar surface area (TPSA) is 33.4 Å². The van der Waals surface area contributed by atoms with Crippen LogP contribution >= 0.6 is 15.9 Å². The molecule has 1 aromatic carbocycles. The standard InChI is InChI=1S/C10H9BrN4S/c1-14(2)10-9-12-8-6(11)4-3-5-7(8)15(9)13-16-10/h3-5H,1-2H3. The van der Waals surface area contributed by atoms with Crippen LogP contribution in [0.15, 0.2) is 27.1 Å². The molecule has 1 aliphatic rings. The minimum atomic E-state index is 0.914. The Bertz CT molecular complexity index is 652. The number of aromatic nitrogens is 2. The van der Waals surface area contributed by atoms with Crippen LogP contribution in [0.3, 0.4) is 0 Å². The Morgan fingerprint density at radius 1 is 1.38 bits per heavy atom. The molecule has 2 aromatic rings. The molecule has 1 aliphatic heterocycles. The lowest BCUT2D eigenvalue weighted by molar-refractivity contribution is 0.630. The van der Waals surface area contributed by atoms with Gasteiger partial charge in [0.2, 0.25) is 0 Å². The quantitative estimate of drug-likeness (QED) is 0.696. The summed E-state index contributed by atoms with van der Waals surface area (Å²) in [5.41, 5.74) is 2.00. The average Bonchev–Trinajstić information content (AvgIpc) is 2.76. The van der Waals surface area contributed by atoms with E-state index in [-0.39, 0.29) is 0 Å². The van der Waals surface area contributed by atoms with Gasteiger partial charge in [0, 0.05) is 15.6 Å². The van der Waals surface area contributed by atoms with Gasteiger partial charge in [-0.3, -0.25) is 4.90 Å². The van der Waals surface area contributed by atoms with Crippen LogP contribution in [0.25, 0.3) is 11.0 Å². The lowest BCUT2D eigenvalue weighted by Crippen LogP contribution is -2.23. The molecule has 1 aromatic heterocycles. The van der Waals surface area contributed by atoms with E-state index in [4.69, 9.17) is 0 Å². The number of hydrogen-bond acceptors (Lipinski definition) is 3. The van der Waals surface area contributed by atoms with Crippen LogP contribution in [0.4, 0.5) is 0 Å². The molecule has 0 amide bonds. The van der Waals surface area contributed by atoms with Gasteiger partial charge in [-0.25, -0.2) is 4.98 Å². The highest BCUT2D eigenvalue weighted by Gasteiger charge is 2.20. The largest absolute Gasteiger partial charge is 0.268 e. The molecular formula is C10H9BrN4S. The summed E-state index contributed by atoms with van der Waals surface area (Å²) < 4.78 is 7.30. The Kier molecular flexibility index (Phi) is 2.24. The van der Waals surface area contributed by atoms with Gasteiger partial charge in [-0.1, -0.05) is 6.07 Å². The van der Waals surface area contributed by atoms with E-state index >= 15 is 0 Å². The Hall–Kier alpha value is -0.980. The van der Waals surface area contributed by atoms with Crippen LogP contribution in [0.2, 0.25) is 0 Å². The highest BCUT2D eigenvalue weighted by Crippen LogP contribution is 2.25. The van der Waals surface area contributed by atoms with Gasteiger partial charge in [-0.05, 0) is 42.2 Å². The van der Waals surface area contributed by atoms with Crippen LogP contribution < -0.4 is 0 Å². The zero-order valence-corrected chi connectivity index (χ0v) is 11.2. The van der Waals surface area contributed by atoms with Gasteiger partial charge in [0.15, 0.2) is 5.82 Å². The maximum atomic E-state index is 4.62. The number of halogens is 1. The zero-order chi connectivity index (χ0) is 11.3. The van der Waals surface area contributed by atoms with Gasteiger partial charge >= 0.3 is 0 Å². The van der Waals surface area contributed by atoms with Gasteiger partial charge < -0.3 is 0 Å². The fourth-order valence-electron chi connectivity index (χ4n) is 1.68. The second-order valence-electron chi connectivity index (χ2n) is 3.73. The average molecular weight is 297 g/mol. The van der Waals surface area contributed by atoms with Crippen molar-refractivity contribution in [2.24, 2.45) is 4.47 Å². The molecule has 0 atom stereocenters. The number of fused-ring (bicyclic) bond motifs is 3. The molecule has 2 heterocycles. The third-order valence-electron chi connectivity index (χ3n) is 2.42. The number of benzene rings is 1. The van der Waals surface area contributed by atoms with Gasteiger partial charge in [-0.15, -0.1) is 4.47 Å². The molecule has 3 rings (SSSR count). The minimum absolute atomic E-state index is 0.914. The fourth-order valence-corrected chi connectivity index (χ4v) is 2.82. The Labute approximate surface area is 105 Å². The first-order valence-electron chi connectivity index (χ1n) is 4.78. The monoisotopic (exact) mass is 296 g/mol. The van der Waals surface area contributed by atoms with Gasteiger partial charge in [0.05, 0.1) is 5.52 Å². The summed E-state index contributed by atoms with van der Waals surface area (Å²) in [6.45, 7) is 0. The molecule has 6 heteroatoms. The highest BCUT2D eigenvalue weighted by atomic mass is 79.9. The van der Waals surface area contributed by atoms with E-state index in [0.29, 0.717) is 0 Å². The second kappa shape index (κ2) is 3.51. The molecule has 0 saturated carbocycles. The molecule has 0 N–H and O–H groups in total. The van der Waals surface area contributed by atoms with Crippen LogP contribution in [-0.4, -0.2) is 33.6 Å². The van der Waals surface area contributed by atoms with E-state index < -0.39 is 0 Å². The Morgan fingerprint density at radius 3 is 2.94 bits per heavy atom. The zero-order valence-electron chi connectivity index (χ0n) is 8.81. The maximum Gasteiger partial charge on any atom is 0.186 e. The van der Waals surface area contributed by atoms with Crippen molar-refractivity contribution in [2.45, 2.75) is 0 Å². The van der Waals surface area contributed by atoms with E-state index in [0.717, 1.165) is 26.3 Å². The third kappa shape index (κ3) is 1.30. The van der Waals surface area contributed by atoms with E-state index in [1.807, 2.05) is 41.9 Å². The van der Waals surface area contributed by atoms with Crippen molar-refractivity contribution in [3.05, 3.63) is 28.5 Å². The number of imidazole rings is 1. The normalized spacial score (nSPS) is 14.1.